The average molecular weight is 411 g/mol. The monoisotopic (exact) mass is 410 g/mol. The fourth-order valence-corrected chi connectivity index (χ4v) is 5.45. The molecule has 0 aromatic heterocycles. The maximum Gasteiger partial charge on any atom is 0.277 e. The Hall–Kier alpha value is -1.64. The molecule has 0 radical (unpaired) electrons. The van der Waals surface area contributed by atoms with Crippen LogP contribution in [-0.4, -0.2) is 75.4 Å². The van der Waals surface area contributed by atoms with Crippen LogP contribution < -0.4 is 9.64 Å². The standard InChI is InChI=1S/C20H31N3O4S/c1-3-27-18-7-9-19(10-8-18)28(25,26)23-14-12-21(13-15-23)20(24)16-22-11-5-4-6-17(22)2/h7-10,17H,3-6,11-16H2,1-2H3/p+1/t17-/m1/s1. The molecule has 1 N–H and O–H groups in total. The molecule has 2 fully saturated rings. The zero-order valence-corrected chi connectivity index (χ0v) is 17.7. The van der Waals surface area contributed by atoms with Crippen LogP contribution in [0.2, 0.25) is 0 Å². The third-order valence-electron chi connectivity index (χ3n) is 5.82. The maximum absolute atomic E-state index is 12.9. The lowest BCUT2D eigenvalue weighted by Crippen LogP contribution is -3.17. The highest BCUT2D eigenvalue weighted by Crippen LogP contribution is 2.21. The Labute approximate surface area is 168 Å². The molecule has 1 aromatic carbocycles. The largest absolute Gasteiger partial charge is 0.494 e. The molecule has 1 amide bonds. The number of carbonyl (C=O) groups is 1. The van der Waals surface area contributed by atoms with Gasteiger partial charge in [-0.1, -0.05) is 0 Å². The Bertz CT molecular complexity index is 758. The van der Waals surface area contributed by atoms with Crippen LogP contribution in [0.3, 0.4) is 0 Å². The summed E-state index contributed by atoms with van der Waals surface area (Å²) in [5.74, 6) is 0.799. The van der Waals surface area contributed by atoms with Crippen molar-refractivity contribution < 1.29 is 22.8 Å². The quantitative estimate of drug-likeness (QED) is 0.736. The smallest absolute Gasteiger partial charge is 0.277 e. The Morgan fingerprint density at radius 3 is 2.43 bits per heavy atom. The van der Waals surface area contributed by atoms with Gasteiger partial charge in [0.1, 0.15) is 5.75 Å². The van der Waals surface area contributed by atoms with Crippen LogP contribution in [0, 0.1) is 0 Å². The number of likely N-dealkylation sites (tertiary alicyclic amines) is 1. The van der Waals surface area contributed by atoms with Gasteiger partial charge in [0.15, 0.2) is 6.54 Å². The number of piperazine rings is 1. The number of ether oxygens (including phenoxy) is 1. The number of sulfonamides is 1. The van der Waals surface area contributed by atoms with Crippen molar-refractivity contribution in [2.24, 2.45) is 0 Å². The first-order valence-corrected chi connectivity index (χ1v) is 11.7. The summed E-state index contributed by atoms with van der Waals surface area (Å²) >= 11 is 0. The van der Waals surface area contributed by atoms with Gasteiger partial charge in [0, 0.05) is 26.2 Å². The zero-order valence-electron chi connectivity index (χ0n) is 16.9. The molecule has 0 saturated carbocycles. The van der Waals surface area contributed by atoms with Gasteiger partial charge in [-0.05, 0) is 57.4 Å². The van der Waals surface area contributed by atoms with Gasteiger partial charge in [0.05, 0.1) is 24.1 Å². The minimum Gasteiger partial charge on any atom is -0.494 e. The number of piperidine rings is 1. The highest BCUT2D eigenvalue weighted by molar-refractivity contribution is 7.89. The molecule has 156 valence electrons. The third kappa shape index (κ3) is 4.85. The summed E-state index contributed by atoms with van der Waals surface area (Å²) in [5.41, 5.74) is 0. The molecule has 7 nitrogen and oxygen atoms in total. The van der Waals surface area contributed by atoms with E-state index in [1.54, 1.807) is 24.3 Å². The van der Waals surface area contributed by atoms with E-state index in [0.29, 0.717) is 51.1 Å². The first-order chi connectivity index (χ1) is 13.4. The lowest BCUT2D eigenvalue weighted by atomic mass is 10.0. The molecule has 2 atom stereocenters. The summed E-state index contributed by atoms with van der Waals surface area (Å²) in [7, 11) is -3.54. The number of amides is 1. The third-order valence-corrected chi connectivity index (χ3v) is 7.74. The van der Waals surface area contributed by atoms with Gasteiger partial charge in [-0.15, -0.1) is 0 Å². The van der Waals surface area contributed by atoms with Gasteiger partial charge in [-0.25, -0.2) is 8.42 Å². The van der Waals surface area contributed by atoms with Crippen LogP contribution >= 0.6 is 0 Å². The second-order valence-corrected chi connectivity index (χ2v) is 9.61. The molecule has 2 saturated heterocycles. The normalized spacial score (nSPS) is 24.1. The van der Waals surface area contributed by atoms with E-state index < -0.39 is 10.0 Å². The van der Waals surface area contributed by atoms with Crippen molar-refractivity contribution in [1.29, 1.82) is 0 Å². The highest BCUT2D eigenvalue weighted by Gasteiger charge is 2.32. The number of carbonyl (C=O) groups excluding carboxylic acids is 1. The fourth-order valence-electron chi connectivity index (χ4n) is 4.02. The molecule has 2 heterocycles. The van der Waals surface area contributed by atoms with Crippen molar-refractivity contribution in [2.75, 3.05) is 45.9 Å². The van der Waals surface area contributed by atoms with E-state index in [2.05, 4.69) is 6.92 Å². The van der Waals surface area contributed by atoms with Crippen molar-refractivity contribution in [2.45, 2.75) is 44.0 Å². The Balaban J connectivity index is 1.55. The van der Waals surface area contributed by atoms with Crippen LogP contribution in [-0.2, 0) is 14.8 Å². The van der Waals surface area contributed by atoms with E-state index in [9.17, 15) is 13.2 Å². The van der Waals surface area contributed by atoms with Gasteiger partial charge < -0.3 is 14.5 Å². The SMILES string of the molecule is CCOc1ccc(S(=O)(=O)N2CCN(C(=O)C[NH+]3CCCC[C@H]3C)CC2)cc1. The molecule has 2 aliphatic rings. The molecule has 1 unspecified atom stereocenters. The number of hydrogen-bond acceptors (Lipinski definition) is 4. The van der Waals surface area contributed by atoms with Crippen LogP contribution in [0.5, 0.6) is 5.75 Å². The van der Waals surface area contributed by atoms with Crippen LogP contribution in [0.4, 0.5) is 0 Å². The number of nitrogens with one attached hydrogen (secondary N) is 1. The average Bonchev–Trinajstić information content (AvgIpc) is 2.70. The second kappa shape index (κ2) is 9.24. The van der Waals surface area contributed by atoms with Crippen LogP contribution in [0.15, 0.2) is 29.2 Å². The predicted octanol–water partition coefficient (Wildman–Crippen LogP) is 0.376. The van der Waals surface area contributed by atoms with E-state index in [1.165, 1.54) is 28.5 Å². The van der Waals surface area contributed by atoms with Gasteiger partial charge >= 0.3 is 0 Å². The van der Waals surface area contributed by atoms with Crippen molar-refractivity contribution in [3.05, 3.63) is 24.3 Å². The highest BCUT2D eigenvalue weighted by atomic mass is 32.2. The molecular weight excluding hydrogens is 378 g/mol. The molecule has 1 aromatic rings. The first-order valence-electron chi connectivity index (χ1n) is 10.3. The topological polar surface area (TPSA) is 71.4 Å². The summed E-state index contributed by atoms with van der Waals surface area (Å²) in [5, 5.41) is 0. The van der Waals surface area contributed by atoms with Gasteiger partial charge in [0.2, 0.25) is 10.0 Å². The van der Waals surface area contributed by atoms with Gasteiger partial charge in [-0.2, -0.15) is 4.31 Å². The number of quaternary nitrogens is 1. The molecule has 8 heteroatoms. The minimum atomic E-state index is -3.54. The number of nitrogens with zero attached hydrogens (tertiary/aromatic N) is 2. The van der Waals surface area contributed by atoms with E-state index in [1.807, 2.05) is 11.8 Å². The fraction of sp³-hybridized carbons (Fsp3) is 0.650. The lowest BCUT2D eigenvalue weighted by molar-refractivity contribution is -0.921. The minimum absolute atomic E-state index is 0.141. The maximum atomic E-state index is 12.9. The van der Waals surface area contributed by atoms with Crippen molar-refractivity contribution in [3.8, 4) is 5.75 Å². The first kappa shape index (κ1) is 21.1. The predicted molar refractivity (Wildman–Crippen MR) is 107 cm³/mol. The molecule has 2 aliphatic heterocycles. The summed E-state index contributed by atoms with van der Waals surface area (Å²) in [6.45, 7) is 7.81. The summed E-state index contributed by atoms with van der Waals surface area (Å²) in [6.07, 6.45) is 3.61. The molecule has 0 bridgehead atoms. The molecule has 28 heavy (non-hydrogen) atoms. The number of hydrogen-bond donors (Lipinski definition) is 1. The van der Waals surface area contributed by atoms with E-state index >= 15 is 0 Å². The summed E-state index contributed by atoms with van der Waals surface area (Å²) < 4.78 is 32.6. The number of rotatable bonds is 6. The van der Waals surface area contributed by atoms with Crippen molar-refractivity contribution in [3.63, 3.8) is 0 Å². The Morgan fingerprint density at radius 1 is 1.14 bits per heavy atom. The summed E-state index contributed by atoms with van der Waals surface area (Å²) in [4.78, 5) is 16.1. The van der Waals surface area contributed by atoms with E-state index in [4.69, 9.17) is 4.74 Å². The van der Waals surface area contributed by atoms with Gasteiger partial charge in [-0.3, -0.25) is 4.79 Å². The molecular formula is C20H32N3O4S+. The molecule has 0 spiro atoms. The van der Waals surface area contributed by atoms with Crippen LogP contribution in [0.1, 0.15) is 33.1 Å². The Morgan fingerprint density at radius 2 is 1.82 bits per heavy atom. The van der Waals surface area contributed by atoms with E-state index in [-0.39, 0.29) is 10.8 Å². The zero-order chi connectivity index (χ0) is 20.1. The number of benzene rings is 1. The molecule has 0 aliphatic carbocycles. The van der Waals surface area contributed by atoms with Crippen molar-refractivity contribution in [1.82, 2.24) is 9.21 Å². The Kier molecular flexibility index (Phi) is 6.95. The van der Waals surface area contributed by atoms with Crippen LogP contribution in [0.25, 0.3) is 0 Å². The van der Waals surface area contributed by atoms with E-state index in [0.717, 1.165) is 6.54 Å². The van der Waals surface area contributed by atoms with Gasteiger partial charge in [0.25, 0.3) is 5.91 Å². The van der Waals surface area contributed by atoms with Crippen molar-refractivity contribution >= 4 is 15.9 Å². The lowest BCUT2D eigenvalue weighted by Gasteiger charge is -2.36. The second-order valence-electron chi connectivity index (χ2n) is 7.67. The summed E-state index contributed by atoms with van der Waals surface area (Å²) in [6, 6.07) is 7.05. The molecule has 3 rings (SSSR count).